The molecule has 0 aliphatic carbocycles. The van der Waals surface area contributed by atoms with Gasteiger partial charge in [-0.05, 0) is 11.1 Å². The van der Waals surface area contributed by atoms with E-state index in [0.29, 0.717) is 11.8 Å². The number of alkyl halides is 3. The molecule has 0 unspecified atom stereocenters. The van der Waals surface area contributed by atoms with Crippen LogP contribution in [0, 0.1) is 0 Å². The molecule has 0 atom stereocenters. The van der Waals surface area contributed by atoms with Crippen LogP contribution < -0.4 is 0 Å². The quantitative estimate of drug-likeness (QED) is 0.766. The Balaban J connectivity index is 3.02. The summed E-state index contributed by atoms with van der Waals surface area (Å²) in [5, 5.41) is 0.798. The molecule has 1 rings (SSSR count). The third kappa shape index (κ3) is 2.35. The van der Waals surface area contributed by atoms with Gasteiger partial charge in [-0.3, -0.25) is 4.98 Å². The Labute approximate surface area is 90.2 Å². The molecule has 1 aromatic rings. The summed E-state index contributed by atoms with van der Waals surface area (Å²) in [5.74, 6) is 0.889. The molecule has 0 fully saturated rings. The summed E-state index contributed by atoms with van der Waals surface area (Å²) in [6, 6.07) is 2.02. The van der Waals surface area contributed by atoms with E-state index in [2.05, 4.69) is 20.9 Å². The van der Waals surface area contributed by atoms with Crippen molar-refractivity contribution in [2.75, 3.05) is 0 Å². The number of aromatic nitrogens is 1. The normalized spacial score (nSPS) is 10.2. The summed E-state index contributed by atoms with van der Waals surface area (Å²) in [4.78, 5) is 4.19. The minimum atomic E-state index is 0.421. The predicted octanol–water partition coefficient (Wildman–Crippen LogP) is 3.45. The third-order valence-corrected chi connectivity index (χ3v) is 2.73. The maximum absolute atomic E-state index is 5.73. The van der Waals surface area contributed by atoms with E-state index in [1.54, 1.807) is 0 Å². The topological polar surface area (TPSA) is 12.9 Å². The van der Waals surface area contributed by atoms with Gasteiger partial charge in [-0.1, -0.05) is 22.0 Å². The van der Waals surface area contributed by atoms with Crippen LogP contribution in [0.2, 0.25) is 0 Å². The minimum absolute atomic E-state index is 0.421. The molecule has 0 bridgehead atoms. The van der Waals surface area contributed by atoms with Gasteiger partial charge in [-0.15, -0.1) is 23.2 Å². The molecule has 0 N–H and O–H groups in total. The fraction of sp³-hybridized carbons (Fsp3) is 0.375. The lowest BCUT2D eigenvalue weighted by atomic mass is 10.2. The van der Waals surface area contributed by atoms with E-state index in [-0.39, 0.29) is 0 Å². The van der Waals surface area contributed by atoms with Gasteiger partial charge in [0.1, 0.15) is 0 Å². The van der Waals surface area contributed by atoms with E-state index < -0.39 is 0 Å². The zero-order chi connectivity index (χ0) is 8.97. The van der Waals surface area contributed by atoms with Crippen molar-refractivity contribution in [3.63, 3.8) is 0 Å². The summed E-state index contributed by atoms with van der Waals surface area (Å²) in [6.45, 7) is 0. The third-order valence-electron chi connectivity index (χ3n) is 1.54. The van der Waals surface area contributed by atoms with E-state index in [4.69, 9.17) is 23.2 Å². The molecule has 0 aliphatic rings. The largest absolute Gasteiger partial charge is 0.259 e. The molecule has 4 heteroatoms. The first kappa shape index (κ1) is 10.3. The minimum Gasteiger partial charge on any atom is -0.259 e. The fourth-order valence-electron chi connectivity index (χ4n) is 0.897. The summed E-state index contributed by atoms with van der Waals surface area (Å²) in [7, 11) is 0. The van der Waals surface area contributed by atoms with Crippen LogP contribution >= 0.6 is 39.1 Å². The molecule has 66 valence electrons. The highest BCUT2D eigenvalue weighted by Gasteiger charge is 2.02. The van der Waals surface area contributed by atoms with Crippen molar-refractivity contribution in [1.29, 1.82) is 0 Å². The van der Waals surface area contributed by atoms with Gasteiger partial charge in [-0.25, -0.2) is 0 Å². The van der Waals surface area contributed by atoms with Gasteiger partial charge in [0.05, 0.1) is 11.6 Å². The van der Waals surface area contributed by atoms with Gasteiger partial charge in [-0.2, -0.15) is 0 Å². The molecule has 0 aromatic carbocycles. The zero-order valence-electron chi connectivity index (χ0n) is 6.36. The van der Waals surface area contributed by atoms with Gasteiger partial charge in [0, 0.05) is 17.4 Å². The number of rotatable bonds is 3. The Morgan fingerprint density at radius 3 is 2.58 bits per heavy atom. The van der Waals surface area contributed by atoms with Crippen molar-refractivity contribution < 1.29 is 0 Å². The molecule has 0 radical (unpaired) electrons. The van der Waals surface area contributed by atoms with E-state index >= 15 is 0 Å². The van der Waals surface area contributed by atoms with E-state index in [9.17, 15) is 0 Å². The Hall–Kier alpha value is 0.210. The first-order valence-corrected chi connectivity index (χ1v) is 5.65. The average molecular weight is 269 g/mol. The van der Waals surface area contributed by atoms with Gasteiger partial charge in [0.25, 0.3) is 0 Å². The second-order valence-corrected chi connectivity index (χ2v) is 3.45. The Morgan fingerprint density at radius 2 is 2.08 bits per heavy atom. The zero-order valence-corrected chi connectivity index (χ0v) is 9.45. The monoisotopic (exact) mass is 267 g/mol. The lowest BCUT2D eigenvalue weighted by molar-refractivity contribution is 1.09. The molecule has 0 aliphatic heterocycles. The van der Waals surface area contributed by atoms with E-state index in [1.807, 2.05) is 12.3 Å². The molecule has 0 spiro atoms. The standard InChI is InChI=1S/C8H8BrCl2N/c9-2-6-1-7(3-10)8(4-11)12-5-6/h1,5H,2-4H2. The lowest BCUT2D eigenvalue weighted by Gasteiger charge is -2.03. The first-order valence-electron chi connectivity index (χ1n) is 3.46. The predicted molar refractivity (Wildman–Crippen MR) is 56.0 cm³/mol. The Kier molecular flexibility index (Phi) is 4.33. The van der Waals surface area contributed by atoms with Crippen molar-refractivity contribution in [1.82, 2.24) is 4.98 Å². The van der Waals surface area contributed by atoms with Crippen LogP contribution in [0.25, 0.3) is 0 Å². The van der Waals surface area contributed by atoms with Crippen LogP contribution in [0.3, 0.4) is 0 Å². The van der Waals surface area contributed by atoms with Crippen molar-refractivity contribution in [2.45, 2.75) is 17.1 Å². The molecular formula is C8H8BrCl2N. The summed E-state index contributed by atoms with van der Waals surface area (Å²) in [5.41, 5.74) is 3.01. The highest BCUT2D eigenvalue weighted by Crippen LogP contribution is 2.15. The van der Waals surface area contributed by atoms with Crippen molar-refractivity contribution in [2.24, 2.45) is 0 Å². The molecule has 0 saturated carbocycles. The maximum Gasteiger partial charge on any atom is 0.0650 e. The molecule has 1 aromatic heterocycles. The summed E-state index contributed by atoms with van der Waals surface area (Å²) >= 11 is 14.8. The number of hydrogen-bond donors (Lipinski definition) is 0. The second kappa shape index (κ2) is 5.05. The van der Waals surface area contributed by atoms with Crippen LogP contribution in [0.4, 0.5) is 0 Å². The van der Waals surface area contributed by atoms with Crippen LogP contribution in [0.15, 0.2) is 12.3 Å². The molecule has 1 heterocycles. The average Bonchev–Trinajstić information content (AvgIpc) is 2.16. The highest BCUT2D eigenvalue weighted by atomic mass is 79.9. The number of pyridine rings is 1. The van der Waals surface area contributed by atoms with Crippen molar-refractivity contribution in [3.8, 4) is 0 Å². The van der Waals surface area contributed by atoms with Crippen LogP contribution in [0.5, 0.6) is 0 Å². The van der Waals surface area contributed by atoms with E-state index in [0.717, 1.165) is 22.2 Å². The molecule has 0 amide bonds. The molecular weight excluding hydrogens is 261 g/mol. The Bertz CT molecular complexity index is 265. The van der Waals surface area contributed by atoms with Gasteiger partial charge in [0.2, 0.25) is 0 Å². The summed E-state index contributed by atoms with van der Waals surface area (Å²) in [6.07, 6.45) is 1.81. The number of hydrogen-bond acceptors (Lipinski definition) is 1. The summed E-state index contributed by atoms with van der Waals surface area (Å²) < 4.78 is 0. The fourth-order valence-corrected chi connectivity index (χ4v) is 1.68. The van der Waals surface area contributed by atoms with Crippen LogP contribution in [-0.4, -0.2) is 4.98 Å². The first-order chi connectivity index (χ1) is 5.81. The van der Waals surface area contributed by atoms with Crippen molar-refractivity contribution in [3.05, 3.63) is 29.1 Å². The molecule has 1 nitrogen and oxygen atoms in total. The number of nitrogens with zero attached hydrogens (tertiary/aromatic N) is 1. The Morgan fingerprint density at radius 1 is 1.33 bits per heavy atom. The smallest absolute Gasteiger partial charge is 0.0650 e. The molecule has 12 heavy (non-hydrogen) atoms. The lowest BCUT2D eigenvalue weighted by Crippen LogP contribution is -1.94. The SMILES string of the molecule is ClCc1cc(CBr)cnc1CCl. The van der Waals surface area contributed by atoms with Crippen molar-refractivity contribution >= 4 is 39.1 Å². The second-order valence-electron chi connectivity index (χ2n) is 2.35. The van der Waals surface area contributed by atoms with Gasteiger partial charge >= 0.3 is 0 Å². The maximum atomic E-state index is 5.73. The molecule has 0 saturated heterocycles. The van der Waals surface area contributed by atoms with Crippen LogP contribution in [0.1, 0.15) is 16.8 Å². The van der Waals surface area contributed by atoms with Gasteiger partial charge in [0.15, 0.2) is 0 Å². The van der Waals surface area contributed by atoms with E-state index in [1.165, 1.54) is 0 Å². The van der Waals surface area contributed by atoms with Gasteiger partial charge < -0.3 is 0 Å². The highest BCUT2D eigenvalue weighted by molar-refractivity contribution is 9.08. The van der Waals surface area contributed by atoms with Crippen LogP contribution in [-0.2, 0) is 17.1 Å². The number of halogens is 3.